The first kappa shape index (κ1) is 14.5. The molecule has 0 saturated heterocycles. The van der Waals surface area contributed by atoms with E-state index in [0.29, 0.717) is 12.8 Å². The van der Waals surface area contributed by atoms with Crippen molar-refractivity contribution in [2.45, 2.75) is 7.43 Å². The topological polar surface area (TPSA) is 57.4 Å². The van der Waals surface area contributed by atoms with Crippen LogP contribution in [0, 0.1) is 18.5 Å². The Morgan fingerprint density at radius 3 is 2.71 bits per heavy atom. The largest absolute Gasteiger partial charge is 0.361 e. The molecule has 0 aliphatic rings. The van der Waals surface area contributed by atoms with Crippen LogP contribution in [0.2, 0.25) is 0 Å². The molecule has 0 fully saturated rings. The molecule has 0 aliphatic heterocycles. The Hall–Kier alpha value is -2.53. The van der Waals surface area contributed by atoms with Crippen molar-refractivity contribution >= 4 is 23.7 Å². The van der Waals surface area contributed by atoms with E-state index in [1.54, 1.807) is 5.82 Å². The number of hydrogen-bond donors (Lipinski definition) is 2. The smallest absolute Gasteiger partial charge is 0.187 e. The van der Waals surface area contributed by atoms with Crippen LogP contribution in [0.3, 0.4) is 0 Å². The molecule has 2 rings (SSSR count). The van der Waals surface area contributed by atoms with Crippen LogP contribution in [0.25, 0.3) is 15.7 Å². The number of aliphatic hydroxyl groups is 1. The number of benzene rings is 1. The quantitative estimate of drug-likeness (QED) is 0.412. The summed E-state index contributed by atoms with van der Waals surface area (Å²) < 4.78 is 9.07. The van der Waals surface area contributed by atoms with E-state index in [2.05, 4.69) is 9.83 Å². The average molecular weight is 226 g/mol. The Kier molecular flexibility index (Phi) is 6.58. The zero-order valence-electron chi connectivity index (χ0n) is 8.27. The first-order chi connectivity index (χ1) is 7.81. The molecule has 84 valence electrons. The maximum Gasteiger partial charge on any atom is 0.187 e. The minimum Gasteiger partial charge on any atom is -0.361 e. The van der Waals surface area contributed by atoms with Crippen molar-refractivity contribution in [3.05, 3.63) is 41.9 Å². The van der Waals surface area contributed by atoms with Gasteiger partial charge in [-0.3, -0.25) is 0 Å². The molecule has 0 aliphatic carbocycles. The normalized spacial score (nSPS) is 7.24. The van der Waals surface area contributed by atoms with Gasteiger partial charge in [-0.15, -0.1) is 0 Å². The second-order valence-electron chi connectivity index (χ2n) is 2.74. The molecule has 5 heteroatoms. The number of aromatic nitrogens is 1. The number of H-pyrrole nitrogens is 1. The number of aliphatic hydroxyl groups excluding tert-OH is 1. The SMILES string of the molecule is C.O=BC#CO.[C-]#[N+]c1ccc2[nH]ccc2c1. The fourth-order valence-corrected chi connectivity index (χ4v) is 1.14. The van der Waals surface area contributed by atoms with Crippen LogP contribution in [-0.4, -0.2) is 17.2 Å². The minimum atomic E-state index is 0. The Morgan fingerprint density at radius 2 is 2.18 bits per heavy atom. The summed E-state index contributed by atoms with van der Waals surface area (Å²) in [5.74, 6) is 1.74. The molecule has 0 amide bonds. The van der Waals surface area contributed by atoms with Gasteiger partial charge in [-0.1, -0.05) is 13.5 Å². The van der Waals surface area contributed by atoms with Gasteiger partial charge in [-0.25, -0.2) is 4.85 Å². The van der Waals surface area contributed by atoms with E-state index in [4.69, 9.17) is 16.4 Å². The van der Waals surface area contributed by atoms with E-state index in [1.807, 2.05) is 30.5 Å². The maximum atomic E-state index is 9.07. The zero-order chi connectivity index (χ0) is 11.8. The standard InChI is InChI=1S/C9H6N2.C2HBO2.CH4/c1-10-8-2-3-9-7(6-8)4-5-11-9;4-2-1-3-5;/h2-6,11H;4H;1H4. The summed E-state index contributed by atoms with van der Waals surface area (Å²) in [5, 5.41) is 8.57. The molecule has 0 spiro atoms. The molecular formula is C12H11BN2O2. The van der Waals surface area contributed by atoms with E-state index in [9.17, 15) is 0 Å². The van der Waals surface area contributed by atoms with Gasteiger partial charge < -0.3 is 4.98 Å². The van der Waals surface area contributed by atoms with Crippen molar-refractivity contribution in [3.8, 4) is 11.9 Å². The van der Waals surface area contributed by atoms with E-state index in [0.717, 1.165) is 10.9 Å². The molecule has 0 atom stereocenters. The summed E-state index contributed by atoms with van der Waals surface area (Å²) in [6, 6.07) is 7.57. The summed E-state index contributed by atoms with van der Waals surface area (Å²) >= 11 is 0. The maximum absolute atomic E-state index is 9.07. The predicted octanol–water partition coefficient (Wildman–Crippen LogP) is 2.68. The van der Waals surface area contributed by atoms with Crippen LogP contribution in [0.1, 0.15) is 7.43 Å². The van der Waals surface area contributed by atoms with Gasteiger partial charge in [0, 0.05) is 11.7 Å². The Balaban J connectivity index is 0.000000373. The summed E-state index contributed by atoms with van der Waals surface area (Å²) in [6.07, 6.45) is 3.27. The number of fused-ring (bicyclic) bond motifs is 1. The summed E-state index contributed by atoms with van der Waals surface area (Å²) in [6.45, 7) is 6.79. The molecule has 0 radical (unpaired) electrons. The first-order valence-electron chi connectivity index (χ1n) is 4.34. The molecular weight excluding hydrogens is 215 g/mol. The number of hydrogen-bond acceptors (Lipinski definition) is 2. The Labute approximate surface area is 100 Å². The molecule has 0 unspecified atom stereocenters. The summed E-state index contributed by atoms with van der Waals surface area (Å²) in [4.78, 5) is 6.40. The van der Waals surface area contributed by atoms with Gasteiger partial charge in [0.2, 0.25) is 0 Å². The average Bonchev–Trinajstić information content (AvgIpc) is 2.77. The molecule has 0 saturated carbocycles. The molecule has 17 heavy (non-hydrogen) atoms. The monoisotopic (exact) mass is 226 g/mol. The fourth-order valence-electron chi connectivity index (χ4n) is 1.14. The third kappa shape index (κ3) is 4.23. The summed E-state index contributed by atoms with van der Waals surface area (Å²) in [7, 11) is 0.319. The number of aromatic amines is 1. The van der Waals surface area contributed by atoms with Gasteiger partial charge in [-0.05, 0) is 23.6 Å². The van der Waals surface area contributed by atoms with E-state index >= 15 is 0 Å². The van der Waals surface area contributed by atoms with E-state index in [1.165, 1.54) is 6.11 Å². The second kappa shape index (κ2) is 7.73. The van der Waals surface area contributed by atoms with Crippen LogP contribution in [-0.2, 0) is 4.70 Å². The van der Waals surface area contributed by atoms with Gasteiger partial charge in [0.15, 0.2) is 5.69 Å². The van der Waals surface area contributed by atoms with Gasteiger partial charge in [-0.2, -0.15) is 0 Å². The Bertz CT molecular complexity index is 588. The van der Waals surface area contributed by atoms with Crippen molar-refractivity contribution < 1.29 is 9.81 Å². The van der Waals surface area contributed by atoms with Crippen LogP contribution in [0.5, 0.6) is 0 Å². The van der Waals surface area contributed by atoms with Crippen molar-refractivity contribution in [1.82, 2.24) is 4.98 Å². The first-order valence-corrected chi connectivity index (χ1v) is 4.34. The van der Waals surface area contributed by atoms with E-state index < -0.39 is 0 Å². The van der Waals surface area contributed by atoms with Crippen molar-refractivity contribution in [3.63, 3.8) is 0 Å². The van der Waals surface area contributed by atoms with Gasteiger partial charge >= 0.3 is 28.9 Å². The fraction of sp³-hybridized carbons (Fsp3) is 0.0833. The predicted molar refractivity (Wildman–Crippen MR) is 67.4 cm³/mol. The van der Waals surface area contributed by atoms with Gasteiger partial charge in [0.05, 0.1) is 6.57 Å². The van der Waals surface area contributed by atoms with Crippen LogP contribution < -0.4 is 0 Å². The molecule has 2 N–H and O–H groups in total. The third-order valence-corrected chi connectivity index (χ3v) is 1.79. The van der Waals surface area contributed by atoms with Crippen LogP contribution in [0.15, 0.2) is 30.5 Å². The van der Waals surface area contributed by atoms with Gasteiger partial charge in [0.1, 0.15) is 0 Å². The van der Waals surface area contributed by atoms with E-state index in [-0.39, 0.29) is 7.43 Å². The molecule has 0 bridgehead atoms. The van der Waals surface area contributed by atoms with Crippen molar-refractivity contribution in [2.75, 3.05) is 0 Å². The minimum absolute atomic E-state index is 0. The molecule has 1 heterocycles. The molecule has 1 aromatic carbocycles. The molecule has 1 aromatic heterocycles. The Morgan fingerprint density at radius 1 is 1.41 bits per heavy atom. The zero-order valence-corrected chi connectivity index (χ0v) is 8.27. The van der Waals surface area contributed by atoms with Crippen LogP contribution in [0.4, 0.5) is 5.69 Å². The number of rotatable bonds is 0. The summed E-state index contributed by atoms with van der Waals surface area (Å²) in [5.41, 5.74) is 1.77. The molecule has 4 nitrogen and oxygen atoms in total. The number of nitrogens with zero attached hydrogens (tertiary/aromatic N) is 1. The second-order valence-corrected chi connectivity index (χ2v) is 2.74. The van der Waals surface area contributed by atoms with Crippen molar-refractivity contribution in [2.24, 2.45) is 0 Å². The number of nitrogens with one attached hydrogen (secondary N) is 1. The van der Waals surface area contributed by atoms with Gasteiger partial charge in [0.25, 0.3) is 0 Å². The van der Waals surface area contributed by atoms with Crippen molar-refractivity contribution in [1.29, 1.82) is 0 Å². The third-order valence-electron chi connectivity index (χ3n) is 1.79. The molecule has 2 aromatic rings. The van der Waals surface area contributed by atoms with Crippen LogP contribution >= 0.6 is 0 Å².